The molecule has 0 aliphatic carbocycles. The van der Waals surface area contributed by atoms with Gasteiger partial charge in [-0.25, -0.2) is 4.98 Å². The average Bonchev–Trinajstić information content (AvgIpc) is 2.37. The molecule has 0 radical (unpaired) electrons. The van der Waals surface area contributed by atoms with Crippen LogP contribution in [0.5, 0.6) is 0 Å². The van der Waals surface area contributed by atoms with Crippen LogP contribution in [-0.2, 0) is 4.74 Å². The van der Waals surface area contributed by atoms with Crippen molar-refractivity contribution in [2.45, 2.75) is 39.9 Å². The molecule has 1 aliphatic heterocycles. The second-order valence-electron chi connectivity index (χ2n) is 6.05. The topological polar surface area (TPSA) is 26.6 Å². The third-order valence-electron chi connectivity index (χ3n) is 3.94. The number of pyridine rings is 1. The number of benzene rings is 1. The molecule has 0 bridgehead atoms. The lowest BCUT2D eigenvalue weighted by Crippen LogP contribution is -2.47. The van der Waals surface area contributed by atoms with E-state index in [4.69, 9.17) is 4.74 Å². The van der Waals surface area contributed by atoms with E-state index in [1.165, 1.54) is 27.8 Å². The van der Waals surface area contributed by atoms with E-state index >= 15 is 0 Å². The lowest BCUT2D eigenvalue weighted by molar-refractivity contribution is -0.332. The van der Waals surface area contributed by atoms with Crippen molar-refractivity contribution in [1.82, 2.24) is 0 Å². The molecule has 1 aromatic carbocycles. The molecule has 3 heteroatoms. The van der Waals surface area contributed by atoms with Crippen LogP contribution in [0.2, 0.25) is 0 Å². The molecule has 20 heavy (non-hydrogen) atoms. The van der Waals surface area contributed by atoms with E-state index in [1.807, 2.05) is 0 Å². The summed E-state index contributed by atoms with van der Waals surface area (Å²) in [5.74, 6) is 1.23. The van der Waals surface area contributed by atoms with Crippen molar-refractivity contribution < 1.29 is 9.72 Å². The first-order chi connectivity index (χ1) is 9.52. The molecule has 0 spiro atoms. The van der Waals surface area contributed by atoms with Crippen LogP contribution in [0.25, 0.3) is 10.9 Å². The average molecular weight is 271 g/mol. The molecule has 0 saturated carbocycles. The number of fused-ring (bicyclic) bond motifs is 1. The lowest BCUT2D eigenvalue weighted by Gasteiger charge is -2.31. The van der Waals surface area contributed by atoms with Gasteiger partial charge in [0.1, 0.15) is 18.6 Å². The highest BCUT2D eigenvalue weighted by Crippen LogP contribution is 2.23. The number of aryl methyl sites for hydroxylation is 2. The van der Waals surface area contributed by atoms with Gasteiger partial charge in [-0.1, -0.05) is 12.1 Å². The molecule has 0 amide bonds. The van der Waals surface area contributed by atoms with Crippen LogP contribution in [0, 0.1) is 13.8 Å². The second kappa shape index (κ2) is 5.06. The van der Waals surface area contributed by atoms with Gasteiger partial charge in [-0.3, -0.25) is 4.90 Å². The molecule has 3 nitrogen and oxygen atoms in total. The summed E-state index contributed by atoms with van der Waals surface area (Å²) in [6, 6.07) is 8.83. The normalized spacial score (nSPS) is 23.3. The summed E-state index contributed by atoms with van der Waals surface area (Å²) in [6.45, 7) is 10.5. The fourth-order valence-corrected chi connectivity index (χ4v) is 3.12. The lowest BCUT2D eigenvalue weighted by atomic mass is 10.1. The quantitative estimate of drug-likeness (QED) is 0.797. The Hall–Kier alpha value is -1.61. The number of nitrogens with zero attached hydrogens (tertiary/aromatic N) is 1. The molecule has 1 N–H and O–H groups in total. The van der Waals surface area contributed by atoms with Gasteiger partial charge in [0, 0.05) is 10.9 Å². The number of anilines is 1. The SMILES string of the molecule is Cc1ccc2cc(C)c(N3C[C@@H](C)O[C@H](C)C3)[nH+]c2c1. The predicted octanol–water partition coefficient (Wildman–Crippen LogP) is 2.88. The fraction of sp³-hybridized carbons (Fsp3) is 0.471. The number of aromatic nitrogens is 1. The monoisotopic (exact) mass is 271 g/mol. The van der Waals surface area contributed by atoms with Gasteiger partial charge in [-0.2, -0.15) is 0 Å². The highest BCUT2D eigenvalue weighted by Gasteiger charge is 2.29. The zero-order valence-electron chi connectivity index (χ0n) is 12.7. The largest absolute Gasteiger partial charge is 0.367 e. The second-order valence-corrected chi connectivity index (χ2v) is 6.05. The summed E-state index contributed by atoms with van der Waals surface area (Å²) >= 11 is 0. The first-order valence-corrected chi connectivity index (χ1v) is 7.36. The van der Waals surface area contributed by atoms with Crippen LogP contribution < -0.4 is 9.88 Å². The first kappa shape index (κ1) is 13.4. The number of ether oxygens (including phenoxy) is 1. The Balaban J connectivity index is 2.04. The molecule has 1 fully saturated rings. The van der Waals surface area contributed by atoms with E-state index in [0.29, 0.717) is 0 Å². The minimum Gasteiger partial charge on any atom is -0.367 e. The van der Waals surface area contributed by atoms with Crippen molar-refractivity contribution in [1.29, 1.82) is 0 Å². The molecule has 1 aromatic heterocycles. The Morgan fingerprint density at radius 2 is 1.80 bits per heavy atom. The first-order valence-electron chi connectivity index (χ1n) is 7.36. The number of aromatic amines is 1. The van der Waals surface area contributed by atoms with Gasteiger partial charge >= 0.3 is 0 Å². The molecule has 106 valence electrons. The molecule has 2 heterocycles. The summed E-state index contributed by atoms with van der Waals surface area (Å²) in [5.41, 5.74) is 3.78. The van der Waals surface area contributed by atoms with Crippen LogP contribution in [0.1, 0.15) is 25.0 Å². The Morgan fingerprint density at radius 3 is 2.50 bits per heavy atom. The van der Waals surface area contributed by atoms with Gasteiger partial charge in [0.2, 0.25) is 0 Å². The third kappa shape index (κ3) is 2.50. The number of rotatable bonds is 1. The third-order valence-corrected chi connectivity index (χ3v) is 3.94. The van der Waals surface area contributed by atoms with Crippen molar-refractivity contribution in [3.63, 3.8) is 0 Å². The highest BCUT2D eigenvalue weighted by molar-refractivity contribution is 5.78. The van der Waals surface area contributed by atoms with Crippen molar-refractivity contribution in [2.75, 3.05) is 18.0 Å². The Morgan fingerprint density at radius 1 is 1.10 bits per heavy atom. The summed E-state index contributed by atoms with van der Waals surface area (Å²) < 4.78 is 5.83. The number of morpholine rings is 1. The predicted molar refractivity (Wildman–Crippen MR) is 82.2 cm³/mol. The van der Waals surface area contributed by atoms with Crippen molar-refractivity contribution in [3.8, 4) is 0 Å². The number of H-pyrrole nitrogens is 1. The van der Waals surface area contributed by atoms with Gasteiger partial charge in [-0.15, -0.1) is 0 Å². The number of hydrogen-bond donors (Lipinski definition) is 0. The molecule has 2 aromatic rings. The van der Waals surface area contributed by atoms with Crippen LogP contribution in [0.15, 0.2) is 24.3 Å². The maximum Gasteiger partial charge on any atom is 0.277 e. The van der Waals surface area contributed by atoms with E-state index in [1.54, 1.807) is 0 Å². The number of nitrogens with one attached hydrogen (secondary N) is 1. The van der Waals surface area contributed by atoms with Crippen LogP contribution in [-0.4, -0.2) is 25.3 Å². The van der Waals surface area contributed by atoms with Crippen molar-refractivity contribution >= 4 is 16.7 Å². The Bertz CT molecular complexity index is 628. The summed E-state index contributed by atoms with van der Waals surface area (Å²) in [5, 5.41) is 1.27. The van der Waals surface area contributed by atoms with Crippen LogP contribution >= 0.6 is 0 Å². The van der Waals surface area contributed by atoms with Gasteiger partial charge in [0.05, 0.1) is 12.2 Å². The minimum absolute atomic E-state index is 0.278. The molecular weight excluding hydrogens is 248 g/mol. The Labute approximate surface area is 120 Å². The molecule has 0 unspecified atom stereocenters. The van der Waals surface area contributed by atoms with Gasteiger partial charge in [0.25, 0.3) is 5.82 Å². The van der Waals surface area contributed by atoms with Crippen molar-refractivity contribution in [3.05, 3.63) is 35.4 Å². The number of hydrogen-bond acceptors (Lipinski definition) is 2. The zero-order valence-corrected chi connectivity index (χ0v) is 12.7. The van der Waals surface area contributed by atoms with Gasteiger partial charge in [-0.05, 0) is 45.4 Å². The van der Waals surface area contributed by atoms with Crippen LogP contribution in [0.3, 0.4) is 0 Å². The van der Waals surface area contributed by atoms with E-state index in [9.17, 15) is 0 Å². The molecule has 2 atom stereocenters. The smallest absolute Gasteiger partial charge is 0.277 e. The van der Waals surface area contributed by atoms with Crippen molar-refractivity contribution in [2.24, 2.45) is 0 Å². The zero-order chi connectivity index (χ0) is 14.3. The van der Waals surface area contributed by atoms with Gasteiger partial charge in [0.15, 0.2) is 0 Å². The van der Waals surface area contributed by atoms with Gasteiger partial charge < -0.3 is 4.74 Å². The molecule has 1 saturated heterocycles. The van der Waals surface area contributed by atoms with E-state index in [2.05, 4.69) is 61.8 Å². The minimum atomic E-state index is 0.278. The van der Waals surface area contributed by atoms with E-state index < -0.39 is 0 Å². The molecular formula is C17H23N2O+. The van der Waals surface area contributed by atoms with Crippen LogP contribution in [0.4, 0.5) is 5.82 Å². The summed E-state index contributed by atoms with van der Waals surface area (Å²) in [4.78, 5) is 6.03. The Kier molecular flexibility index (Phi) is 3.38. The maximum atomic E-state index is 5.83. The molecule has 3 rings (SSSR count). The highest BCUT2D eigenvalue weighted by atomic mass is 16.5. The fourth-order valence-electron chi connectivity index (χ4n) is 3.12. The molecule has 1 aliphatic rings. The van der Waals surface area contributed by atoms with E-state index in [-0.39, 0.29) is 12.2 Å². The maximum absolute atomic E-state index is 5.83. The summed E-state index contributed by atoms with van der Waals surface area (Å²) in [6.07, 6.45) is 0.555. The summed E-state index contributed by atoms with van der Waals surface area (Å²) in [7, 11) is 0. The standard InChI is InChI=1S/C17H22N2O/c1-11-5-6-15-8-12(2)17(18-16(15)7-11)19-9-13(3)20-14(4)10-19/h5-8,13-14H,9-10H2,1-4H3/p+1/t13-,14-/m1/s1. The van der Waals surface area contributed by atoms with E-state index in [0.717, 1.165) is 13.1 Å².